The van der Waals surface area contributed by atoms with Crippen LogP contribution in [0.3, 0.4) is 0 Å². The molecule has 7 nitrogen and oxygen atoms in total. The highest BCUT2D eigenvalue weighted by atomic mass is 32.2. The third kappa shape index (κ3) is 4.70. The molecule has 0 radical (unpaired) electrons. The molecule has 1 rings (SSSR count). The van der Waals surface area contributed by atoms with Crippen molar-refractivity contribution >= 4 is 22.0 Å². The molecule has 0 aliphatic rings. The van der Waals surface area contributed by atoms with E-state index in [4.69, 9.17) is 0 Å². The van der Waals surface area contributed by atoms with Gasteiger partial charge in [0.15, 0.2) is 4.90 Å². The van der Waals surface area contributed by atoms with E-state index in [0.717, 1.165) is 18.2 Å². The van der Waals surface area contributed by atoms with Crippen LogP contribution in [0.1, 0.15) is 13.8 Å². The molecule has 0 aliphatic heterocycles. The largest absolute Gasteiger partial charge is 0.464 e. The summed E-state index contributed by atoms with van der Waals surface area (Å²) in [4.78, 5) is 22.1. The lowest BCUT2D eigenvalue weighted by Gasteiger charge is -2.16. The SMILES string of the molecule is CCOC(=O)C(NS(=O)(=O)c1c(F)cccc1F)C(=O)OCC. The average Bonchev–Trinajstić information content (AvgIpc) is 2.44. The van der Waals surface area contributed by atoms with E-state index >= 15 is 0 Å². The summed E-state index contributed by atoms with van der Waals surface area (Å²) in [5, 5.41) is 0. The van der Waals surface area contributed by atoms with Crippen LogP contribution in [0.15, 0.2) is 23.1 Å². The molecule has 0 saturated carbocycles. The first-order chi connectivity index (χ1) is 10.7. The first kappa shape index (κ1) is 19.0. The highest BCUT2D eigenvalue weighted by Crippen LogP contribution is 2.18. The molecule has 0 bridgehead atoms. The van der Waals surface area contributed by atoms with E-state index in [2.05, 4.69) is 9.47 Å². The normalized spacial score (nSPS) is 11.3. The van der Waals surface area contributed by atoms with Gasteiger partial charge < -0.3 is 9.47 Å². The van der Waals surface area contributed by atoms with Crippen molar-refractivity contribution in [2.75, 3.05) is 13.2 Å². The van der Waals surface area contributed by atoms with Gasteiger partial charge in [0.05, 0.1) is 13.2 Å². The number of benzene rings is 1. The van der Waals surface area contributed by atoms with E-state index in [1.54, 1.807) is 4.72 Å². The van der Waals surface area contributed by atoms with E-state index < -0.39 is 44.5 Å². The van der Waals surface area contributed by atoms with Crippen LogP contribution in [-0.2, 0) is 29.1 Å². The minimum atomic E-state index is -4.85. The molecule has 1 aromatic rings. The molecular weight excluding hydrogens is 336 g/mol. The molecule has 0 spiro atoms. The van der Waals surface area contributed by atoms with Gasteiger partial charge >= 0.3 is 11.9 Å². The second kappa shape index (κ2) is 7.97. The fraction of sp³-hybridized carbons (Fsp3) is 0.385. The van der Waals surface area contributed by atoms with Crippen LogP contribution >= 0.6 is 0 Å². The number of hydrogen-bond donors (Lipinski definition) is 1. The maximum Gasteiger partial charge on any atom is 0.335 e. The van der Waals surface area contributed by atoms with Crippen LogP contribution in [0.5, 0.6) is 0 Å². The summed E-state index contributed by atoms with van der Waals surface area (Å²) >= 11 is 0. The van der Waals surface area contributed by atoms with E-state index in [0.29, 0.717) is 0 Å². The van der Waals surface area contributed by atoms with Gasteiger partial charge in [0, 0.05) is 0 Å². The predicted octanol–water partition coefficient (Wildman–Crippen LogP) is 0.738. The molecule has 1 aromatic carbocycles. The van der Waals surface area contributed by atoms with Gasteiger partial charge in [0.1, 0.15) is 11.6 Å². The van der Waals surface area contributed by atoms with Crippen molar-refractivity contribution in [1.82, 2.24) is 4.72 Å². The van der Waals surface area contributed by atoms with Crippen molar-refractivity contribution in [3.63, 3.8) is 0 Å². The molecule has 0 fully saturated rings. The van der Waals surface area contributed by atoms with Crippen molar-refractivity contribution < 1.29 is 36.3 Å². The Bertz CT molecular complexity index is 653. The van der Waals surface area contributed by atoms with E-state index in [9.17, 15) is 26.8 Å². The van der Waals surface area contributed by atoms with Crippen molar-refractivity contribution in [2.45, 2.75) is 24.8 Å². The Hall–Kier alpha value is -2.07. The first-order valence-corrected chi connectivity index (χ1v) is 8.02. The van der Waals surface area contributed by atoms with E-state index in [1.165, 1.54) is 13.8 Å². The zero-order chi connectivity index (χ0) is 17.6. The number of carbonyl (C=O) groups is 2. The highest BCUT2D eigenvalue weighted by molar-refractivity contribution is 7.89. The van der Waals surface area contributed by atoms with Crippen molar-refractivity contribution in [3.05, 3.63) is 29.8 Å². The molecular formula is C13H15F2NO6S. The molecule has 0 aromatic heterocycles. The number of esters is 2. The molecule has 0 saturated heterocycles. The lowest BCUT2D eigenvalue weighted by molar-refractivity contribution is -0.157. The fourth-order valence-corrected chi connectivity index (χ4v) is 2.87. The van der Waals surface area contributed by atoms with E-state index in [1.807, 2.05) is 0 Å². The number of carbonyl (C=O) groups excluding carboxylic acids is 2. The van der Waals surface area contributed by atoms with Crippen LogP contribution < -0.4 is 4.72 Å². The quantitative estimate of drug-likeness (QED) is 0.575. The van der Waals surface area contributed by atoms with Crippen LogP contribution in [0.2, 0.25) is 0 Å². The van der Waals surface area contributed by atoms with Crippen LogP contribution in [-0.4, -0.2) is 39.6 Å². The second-order valence-corrected chi connectivity index (χ2v) is 5.76. The highest BCUT2D eigenvalue weighted by Gasteiger charge is 2.36. The average molecular weight is 351 g/mol. The number of ether oxygens (including phenoxy) is 2. The standard InChI is InChI=1S/C13H15F2NO6S/c1-3-21-12(17)10(13(18)22-4-2)16-23(19,20)11-8(14)6-5-7-9(11)15/h5-7,10,16H,3-4H2,1-2H3. The molecule has 1 N–H and O–H groups in total. The summed E-state index contributed by atoms with van der Waals surface area (Å²) in [7, 11) is -4.85. The van der Waals surface area contributed by atoms with E-state index in [-0.39, 0.29) is 13.2 Å². The molecule has 23 heavy (non-hydrogen) atoms. The Labute approximate surface area is 131 Å². The first-order valence-electron chi connectivity index (χ1n) is 6.54. The minimum Gasteiger partial charge on any atom is -0.464 e. The maximum absolute atomic E-state index is 13.6. The summed E-state index contributed by atoms with van der Waals surface area (Å²) in [6.45, 7) is 2.60. The third-order valence-electron chi connectivity index (χ3n) is 2.51. The second-order valence-electron chi connectivity index (χ2n) is 4.11. The van der Waals surface area contributed by atoms with Crippen LogP contribution in [0.4, 0.5) is 8.78 Å². The summed E-state index contributed by atoms with van der Waals surface area (Å²) in [6.07, 6.45) is 0. The number of sulfonamides is 1. The molecule has 0 atom stereocenters. The monoisotopic (exact) mass is 351 g/mol. The van der Waals surface area contributed by atoms with Gasteiger partial charge in [-0.25, -0.2) is 26.8 Å². The zero-order valence-electron chi connectivity index (χ0n) is 12.3. The summed E-state index contributed by atoms with van der Waals surface area (Å²) in [5.41, 5.74) is 0. The van der Waals surface area contributed by atoms with Gasteiger partial charge in [0.2, 0.25) is 16.1 Å². The van der Waals surface area contributed by atoms with Crippen LogP contribution in [0.25, 0.3) is 0 Å². The fourth-order valence-electron chi connectivity index (χ4n) is 1.60. The smallest absolute Gasteiger partial charge is 0.335 e. The topological polar surface area (TPSA) is 98.8 Å². The number of nitrogens with one attached hydrogen (secondary N) is 1. The molecule has 128 valence electrons. The summed E-state index contributed by atoms with van der Waals surface area (Å²) in [5.74, 6) is -5.23. The van der Waals surface area contributed by atoms with Crippen molar-refractivity contribution in [1.29, 1.82) is 0 Å². The zero-order valence-corrected chi connectivity index (χ0v) is 13.2. The Morgan fingerprint density at radius 2 is 1.52 bits per heavy atom. The van der Waals surface area contributed by atoms with Gasteiger partial charge in [-0.05, 0) is 26.0 Å². The van der Waals surface area contributed by atoms with Crippen molar-refractivity contribution in [2.24, 2.45) is 0 Å². The van der Waals surface area contributed by atoms with Gasteiger partial charge in [-0.3, -0.25) is 0 Å². The summed E-state index contributed by atoms with van der Waals surface area (Å²) in [6, 6.07) is 0.347. The van der Waals surface area contributed by atoms with Crippen molar-refractivity contribution in [3.8, 4) is 0 Å². The van der Waals surface area contributed by atoms with Gasteiger partial charge in [0.25, 0.3) is 0 Å². The van der Waals surface area contributed by atoms with Crippen LogP contribution in [0, 0.1) is 11.6 Å². The molecule has 0 unspecified atom stereocenters. The van der Waals surface area contributed by atoms with Gasteiger partial charge in [-0.15, -0.1) is 0 Å². The number of rotatable bonds is 7. The Balaban J connectivity index is 3.20. The Morgan fingerprint density at radius 3 is 1.91 bits per heavy atom. The summed E-state index contributed by atoms with van der Waals surface area (Å²) < 4.78 is 62.1. The number of halogens is 2. The van der Waals surface area contributed by atoms with Gasteiger partial charge in [-0.2, -0.15) is 4.72 Å². The Morgan fingerprint density at radius 1 is 1.09 bits per heavy atom. The minimum absolute atomic E-state index is 0.134. The maximum atomic E-state index is 13.6. The van der Waals surface area contributed by atoms with Gasteiger partial charge in [-0.1, -0.05) is 6.07 Å². The Kier molecular flexibility index (Phi) is 6.58. The molecule has 0 amide bonds. The predicted molar refractivity (Wildman–Crippen MR) is 73.7 cm³/mol. The molecule has 0 aliphatic carbocycles. The lowest BCUT2D eigenvalue weighted by Crippen LogP contribution is -2.48. The number of hydrogen-bond acceptors (Lipinski definition) is 6. The molecule has 0 heterocycles. The third-order valence-corrected chi connectivity index (χ3v) is 3.98. The molecule has 10 heteroatoms. The lowest BCUT2D eigenvalue weighted by atomic mass is 10.3.